The lowest BCUT2D eigenvalue weighted by Crippen LogP contribution is -2.70. The number of fused-ring (bicyclic) bond motifs is 2. The summed E-state index contributed by atoms with van der Waals surface area (Å²) in [6.45, 7) is 6.50. The highest BCUT2D eigenvalue weighted by molar-refractivity contribution is 6.18. The van der Waals surface area contributed by atoms with Gasteiger partial charge in [-0.1, -0.05) is 72.6 Å². The fourth-order valence-corrected chi connectivity index (χ4v) is 9.14. The van der Waals surface area contributed by atoms with Gasteiger partial charge < -0.3 is 39.3 Å². The highest BCUT2D eigenvalue weighted by Gasteiger charge is 2.65. The van der Waals surface area contributed by atoms with Crippen LogP contribution in [-0.2, 0) is 27.4 Å². The van der Waals surface area contributed by atoms with E-state index in [4.69, 9.17) is 40.5 Å². The van der Waals surface area contributed by atoms with Gasteiger partial charge in [0.05, 0.1) is 24.1 Å². The minimum absolute atomic E-state index is 0.00401. The largest absolute Gasteiger partial charge is 0.459 e. The van der Waals surface area contributed by atoms with Crippen LogP contribution in [0.15, 0.2) is 102 Å². The minimum atomic E-state index is -1.57. The lowest BCUT2D eigenvalue weighted by Gasteiger charge is -2.59. The number of carbonyl (C=O) groups is 2. The highest BCUT2D eigenvalue weighted by atomic mass is 35.5. The quantitative estimate of drug-likeness (QED) is 0.0414. The molecule has 0 aromatic heterocycles. The van der Waals surface area contributed by atoms with E-state index in [-0.39, 0.29) is 69.6 Å². The summed E-state index contributed by atoms with van der Waals surface area (Å²) in [6.07, 6.45) is 6.91. The number of allylic oxidation sites excluding steroid dienone is 1. The molecule has 0 unspecified atom stereocenters. The molecule has 0 saturated heterocycles. The zero-order valence-corrected chi connectivity index (χ0v) is 35.4. The smallest absolute Gasteiger partial charge is 0.412 e. The summed E-state index contributed by atoms with van der Waals surface area (Å²) in [5.74, 6) is -2.15. The first-order valence-corrected chi connectivity index (χ1v) is 21.7. The molecule has 1 aliphatic heterocycles. The standard InChI is InChI=1S/C47H57ClFN3O9/c1-3-25-58-47-42(52(46(56)57-26-22-48)31-33-16-18-35(49)19-17-33)29-40(51-59-4-2)38-27-34(14-8-10-23-53)37(15-9-11-24-54)43(44(38)47)39-28-36(20-21-41(39)61-47)60-45(55)50-30-32-12-6-5-7-13-32/h3,5-7,12-13,16-21,27-28,34,37,42-44,53-54H,1,4,8-11,14-15,22-26,29-31H2,2H3,(H,50,55)/t34-,37+,42-,43+,44+,47+/m0/s1. The normalized spacial score (nSPS) is 23.1. The number of nitrogens with zero attached hydrogens (tertiary/aromatic N) is 2. The Bertz CT molecular complexity index is 1980. The molecular formula is C47H57ClFN3O9. The maximum atomic E-state index is 14.4. The Labute approximate surface area is 362 Å². The van der Waals surface area contributed by atoms with E-state index in [1.165, 1.54) is 12.1 Å². The zero-order valence-electron chi connectivity index (χ0n) is 34.7. The third-order valence-electron chi connectivity index (χ3n) is 11.6. The molecule has 3 aromatic rings. The van der Waals surface area contributed by atoms with Crippen molar-refractivity contribution in [2.75, 3.05) is 38.9 Å². The van der Waals surface area contributed by atoms with Crippen LogP contribution in [0.5, 0.6) is 11.5 Å². The first-order valence-electron chi connectivity index (χ1n) is 21.2. The number of hydrogen-bond acceptors (Lipinski definition) is 10. The van der Waals surface area contributed by atoms with E-state index >= 15 is 0 Å². The van der Waals surface area contributed by atoms with Crippen molar-refractivity contribution in [1.29, 1.82) is 0 Å². The van der Waals surface area contributed by atoms with Gasteiger partial charge in [0.15, 0.2) is 0 Å². The number of halogens is 2. The number of unbranched alkanes of at least 4 members (excludes halogenated alkanes) is 2. The van der Waals surface area contributed by atoms with Crippen molar-refractivity contribution >= 4 is 29.5 Å². The Balaban J connectivity index is 1.54. The molecule has 1 saturated carbocycles. The Morgan fingerprint density at radius 1 is 1.03 bits per heavy atom. The van der Waals surface area contributed by atoms with Crippen molar-refractivity contribution in [3.8, 4) is 11.5 Å². The number of alkyl halides is 1. The Morgan fingerprint density at radius 3 is 2.49 bits per heavy atom. The topological polar surface area (TPSA) is 148 Å². The summed E-state index contributed by atoms with van der Waals surface area (Å²) < 4.78 is 40.0. The molecule has 14 heteroatoms. The number of benzene rings is 3. The van der Waals surface area contributed by atoms with Crippen molar-refractivity contribution in [2.45, 2.75) is 82.7 Å². The van der Waals surface area contributed by atoms with Crippen LogP contribution in [0.3, 0.4) is 0 Å². The average molecular weight is 862 g/mol. The predicted octanol–water partition coefficient (Wildman–Crippen LogP) is 8.65. The van der Waals surface area contributed by atoms with E-state index in [2.05, 4.69) is 18.0 Å². The number of aliphatic hydroxyl groups excluding tert-OH is 2. The van der Waals surface area contributed by atoms with E-state index in [1.54, 1.807) is 35.2 Å². The number of amides is 2. The summed E-state index contributed by atoms with van der Waals surface area (Å²) in [7, 11) is 0. The van der Waals surface area contributed by atoms with Gasteiger partial charge in [0.1, 0.15) is 36.6 Å². The molecule has 0 spiro atoms. The van der Waals surface area contributed by atoms with Crippen LogP contribution < -0.4 is 14.8 Å². The van der Waals surface area contributed by atoms with Gasteiger partial charge in [0.2, 0.25) is 5.79 Å². The minimum Gasteiger partial charge on any atom is -0.459 e. The first-order chi connectivity index (χ1) is 29.8. The van der Waals surface area contributed by atoms with Crippen molar-refractivity contribution in [2.24, 2.45) is 22.9 Å². The van der Waals surface area contributed by atoms with Crippen LogP contribution in [0.25, 0.3) is 0 Å². The second-order valence-corrected chi connectivity index (χ2v) is 15.9. The van der Waals surface area contributed by atoms with Gasteiger partial charge >= 0.3 is 12.2 Å². The van der Waals surface area contributed by atoms with Gasteiger partial charge in [-0.15, -0.1) is 18.2 Å². The van der Waals surface area contributed by atoms with Gasteiger partial charge in [-0.3, -0.25) is 4.90 Å². The Kier molecular flexibility index (Phi) is 16.6. The van der Waals surface area contributed by atoms with E-state index in [0.717, 1.165) is 36.0 Å². The SMILES string of the molecule is C=CCO[C@@]12Oc3ccc(OC(=O)NCc4ccccc4)cc3[C@H]3[C@H](CCCCO)[C@@H](CCCCO)C=C(C(=NOCC)C[C@@H]1N(Cc1ccc(F)cc1)C(=O)OCCCl)[C@H]32. The van der Waals surface area contributed by atoms with E-state index in [9.17, 15) is 24.2 Å². The van der Waals surface area contributed by atoms with Crippen molar-refractivity contribution in [3.63, 3.8) is 0 Å². The maximum Gasteiger partial charge on any atom is 0.412 e. The second kappa shape index (κ2) is 22.2. The van der Waals surface area contributed by atoms with Crippen LogP contribution in [0.4, 0.5) is 14.0 Å². The molecule has 6 atom stereocenters. The molecule has 6 rings (SSSR count). The van der Waals surface area contributed by atoms with Gasteiger partial charge in [-0.2, -0.15) is 0 Å². The van der Waals surface area contributed by atoms with E-state index < -0.39 is 35.8 Å². The molecule has 2 amide bonds. The number of rotatable bonds is 21. The molecular weight excluding hydrogens is 805 g/mol. The molecule has 3 aliphatic rings. The molecule has 0 radical (unpaired) electrons. The molecule has 328 valence electrons. The molecule has 1 heterocycles. The van der Waals surface area contributed by atoms with Crippen molar-refractivity contribution in [1.82, 2.24) is 10.2 Å². The van der Waals surface area contributed by atoms with Crippen LogP contribution in [0, 0.1) is 23.6 Å². The number of ether oxygens (including phenoxy) is 4. The number of aliphatic hydroxyl groups is 2. The number of carbonyl (C=O) groups excluding carboxylic acids is 2. The third-order valence-corrected chi connectivity index (χ3v) is 11.8. The Morgan fingerprint density at radius 2 is 1.79 bits per heavy atom. The number of oxime groups is 1. The van der Waals surface area contributed by atoms with Crippen LogP contribution in [0.1, 0.15) is 74.5 Å². The number of nitrogens with one attached hydrogen (secondary N) is 1. The van der Waals surface area contributed by atoms with E-state index in [1.807, 2.05) is 43.3 Å². The second-order valence-electron chi connectivity index (χ2n) is 15.5. The fourth-order valence-electron chi connectivity index (χ4n) is 9.06. The monoisotopic (exact) mass is 861 g/mol. The van der Waals surface area contributed by atoms with Crippen molar-refractivity contribution < 1.29 is 48.0 Å². The first kappa shape index (κ1) is 45.6. The number of hydrogen-bond donors (Lipinski definition) is 3. The molecule has 0 bridgehead atoms. The van der Waals surface area contributed by atoms with Gasteiger partial charge in [0.25, 0.3) is 0 Å². The molecule has 12 nitrogen and oxygen atoms in total. The molecule has 3 aromatic carbocycles. The van der Waals surface area contributed by atoms with Crippen LogP contribution >= 0.6 is 11.6 Å². The van der Waals surface area contributed by atoms with Crippen LogP contribution in [0.2, 0.25) is 0 Å². The van der Waals surface area contributed by atoms with Crippen LogP contribution in [-0.4, -0.2) is 83.8 Å². The highest BCUT2D eigenvalue weighted by Crippen LogP contribution is 2.62. The lowest BCUT2D eigenvalue weighted by atomic mass is 9.55. The predicted molar refractivity (Wildman–Crippen MR) is 230 cm³/mol. The molecule has 61 heavy (non-hydrogen) atoms. The lowest BCUT2D eigenvalue weighted by molar-refractivity contribution is -0.256. The van der Waals surface area contributed by atoms with Crippen molar-refractivity contribution in [3.05, 3.63) is 120 Å². The average Bonchev–Trinajstić information content (AvgIpc) is 3.27. The summed E-state index contributed by atoms with van der Waals surface area (Å²) in [6, 6.07) is 19.8. The van der Waals surface area contributed by atoms with Gasteiger partial charge in [-0.25, -0.2) is 14.0 Å². The summed E-state index contributed by atoms with van der Waals surface area (Å²) >= 11 is 6.03. The van der Waals surface area contributed by atoms with Gasteiger partial charge in [0, 0.05) is 44.2 Å². The summed E-state index contributed by atoms with van der Waals surface area (Å²) in [5, 5.41) is 27.3. The third kappa shape index (κ3) is 10.9. The molecule has 2 aliphatic carbocycles. The molecule has 1 fully saturated rings. The summed E-state index contributed by atoms with van der Waals surface area (Å²) in [5.41, 5.74) is 3.80. The molecule has 3 N–H and O–H groups in total. The Hall–Kier alpha value is -4.95. The van der Waals surface area contributed by atoms with Gasteiger partial charge in [-0.05, 0) is 91.5 Å². The maximum absolute atomic E-state index is 14.4. The zero-order chi connectivity index (χ0) is 43.2. The fraction of sp³-hybridized carbons (Fsp3) is 0.468. The summed E-state index contributed by atoms with van der Waals surface area (Å²) in [4.78, 5) is 34.9. The van der Waals surface area contributed by atoms with E-state index in [0.29, 0.717) is 48.6 Å².